The number of imide groups is 1. The Morgan fingerprint density at radius 1 is 1.05 bits per heavy atom. The molecule has 3 amide bonds. The van der Waals surface area contributed by atoms with E-state index in [1.54, 1.807) is 23.5 Å². The molecule has 192 valence electrons. The summed E-state index contributed by atoms with van der Waals surface area (Å²) in [4.78, 5) is 44.0. The zero-order chi connectivity index (χ0) is 25.7. The first-order valence-corrected chi connectivity index (χ1v) is 15.2. The number of anilines is 1. The minimum atomic E-state index is -3.08. The summed E-state index contributed by atoms with van der Waals surface area (Å²) in [6, 6.07) is 15.0. The Labute approximate surface area is 219 Å². The van der Waals surface area contributed by atoms with Gasteiger partial charge in [0.1, 0.15) is 0 Å². The van der Waals surface area contributed by atoms with Crippen molar-refractivity contribution in [2.75, 3.05) is 29.5 Å². The molecule has 2 aromatic carbocycles. The van der Waals surface area contributed by atoms with E-state index < -0.39 is 9.84 Å². The number of thiophene rings is 1. The van der Waals surface area contributed by atoms with Gasteiger partial charge in [-0.1, -0.05) is 24.3 Å². The summed E-state index contributed by atoms with van der Waals surface area (Å²) >= 11 is 1.58. The van der Waals surface area contributed by atoms with E-state index in [0.717, 1.165) is 21.4 Å². The predicted molar refractivity (Wildman–Crippen MR) is 143 cm³/mol. The number of hydrogen-bond acceptors (Lipinski definition) is 7. The minimum absolute atomic E-state index is 0.00633. The van der Waals surface area contributed by atoms with Crippen molar-refractivity contribution in [2.45, 2.75) is 31.8 Å². The van der Waals surface area contributed by atoms with Crippen LogP contribution in [0.15, 0.2) is 48.5 Å². The lowest BCUT2D eigenvalue weighted by molar-refractivity contribution is -0.125. The van der Waals surface area contributed by atoms with E-state index in [2.05, 4.69) is 5.32 Å². The first-order chi connectivity index (χ1) is 17.8. The molecule has 3 aliphatic rings. The molecular weight excluding hydrogens is 510 g/mol. The molecule has 0 radical (unpaired) electrons. The zero-order valence-corrected chi connectivity index (χ0v) is 21.8. The van der Waals surface area contributed by atoms with Gasteiger partial charge in [-0.15, -0.1) is 11.3 Å². The van der Waals surface area contributed by atoms with Crippen molar-refractivity contribution in [3.63, 3.8) is 0 Å². The Kier molecular flexibility index (Phi) is 6.03. The predicted octanol–water partition coefficient (Wildman–Crippen LogP) is 3.22. The molecule has 0 spiro atoms. The van der Waals surface area contributed by atoms with Crippen LogP contribution in [0.4, 0.5) is 5.69 Å². The van der Waals surface area contributed by atoms with Gasteiger partial charge >= 0.3 is 0 Å². The third-order valence-corrected chi connectivity index (χ3v) is 10.3. The number of carbonyl (C=O) groups excluding carboxylic acids is 3. The summed E-state index contributed by atoms with van der Waals surface area (Å²) in [6.07, 6.45) is 1.91. The Hall–Kier alpha value is -3.24. The van der Waals surface area contributed by atoms with Gasteiger partial charge in [-0.2, -0.15) is 0 Å². The summed E-state index contributed by atoms with van der Waals surface area (Å²) in [7, 11) is -3.08. The van der Waals surface area contributed by atoms with Crippen molar-refractivity contribution in [1.82, 2.24) is 10.2 Å². The molecule has 1 N–H and O–H groups in total. The van der Waals surface area contributed by atoms with Crippen molar-refractivity contribution < 1.29 is 22.8 Å². The number of amides is 3. The maximum atomic E-state index is 13.5. The highest BCUT2D eigenvalue weighted by atomic mass is 32.2. The van der Waals surface area contributed by atoms with Gasteiger partial charge in [0.15, 0.2) is 9.84 Å². The normalized spacial score (nSPS) is 23.0. The number of nitrogens with zero attached hydrogens (tertiary/aromatic N) is 2. The fourth-order valence-corrected chi connectivity index (χ4v) is 8.36. The quantitative estimate of drug-likeness (QED) is 0.502. The Morgan fingerprint density at radius 2 is 1.89 bits per heavy atom. The molecule has 0 aliphatic carbocycles. The Bertz CT molecular complexity index is 1500. The number of carbonyl (C=O) groups is 3. The first-order valence-electron chi connectivity index (χ1n) is 12.5. The van der Waals surface area contributed by atoms with Gasteiger partial charge < -0.3 is 10.2 Å². The van der Waals surface area contributed by atoms with Gasteiger partial charge in [-0.05, 0) is 48.9 Å². The highest BCUT2D eigenvalue weighted by Crippen LogP contribution is 2.36. The second-order valence-corrected chi connectivity index (χ2v) is 13.4. The molecule has 1 aromatic heterocycles. The molecule has 2 fully saturated rings. The smallest absolute Gasteiger partial charge is 0.264 e. The van der Waals surface area contributed by atoms with E-state index >= 15 is 0 Å². The molecule has 6 rings (SSSR count). The first kappa shape index (κ1) is 24.1. The van der Waals surface area contributed by atoms with Crippen LogP contribution in [0.25, 0.3) is 10.1 Å². The van der Waals surface area contributed by atoms with Crippen LogP contribution in [0, 0.1) is 5.92 Å². The van der Waals surface area contributed by atoms with E-state index in [1.165, 1.54) is 4.90 Å². The van der Waals surface area contributed by atoms with Gasteiger partial charge in [0.25, 0.3) is 11.8 Å². The number of benzene rings is 2. The van der Waals surface area contributed by atoms with Crippen LogP contribution in [-0.2, 0) is 21.2 Å². The van der Waals surface area contributed by atoms with Crippen LogP contribution >= 0.6 is 11.3 Å². The highest BCUT2D eigenvalue weighted by Gasteiger charge is 2.40. The van der Waals surface area contributed by atoms with Crippen LogP contribution in [0.1, 0.15) is 44.9 Å². The molecule has 10 heteroatoms. The van der Waals surface area contributed by atoms with Gasteiger partial charge in [0.05, 0.1) is 40.8 Å². The number of piperidine rings is 1. The molecule has 0 bridgehead atoms. The van der Waals surface area contributed by atoms with E-state index in [9.17, 15) is 22.8 Å². The zero-order valence-electron chi connectivity index (χ0n) is 20.2. The van der Waals surface area contributed by atoms with Crippen molar-refractivity contribution >= 4 is 54.7 Å². The number of fused-ring (bicyclic) bond motifs is 2. The van der Waals surface area contributed by atoms with Crippen LogP contribution in [0.5, 0.6) is 0 Å². The average Bonchev–Trinajstić information content (AvgIpc) is 3.53. The standard InChI is InChI=1S/C27H27N3O5S2/c31-25(28-19-10-12-37(34,35)16-19)18-6-4-11-29(14-18)22-8-3-7-21-24(22)27(33)30(26(21)32)15-20-13-17-5-1-2-9-23(17)36-20/h1-3,5,7-9,13,18-19H,4,6,10-12,14-16H2,(H,28,31)/t18-,19-/m0/s1. The van der Waals surface area contributed by atoms with E-state index in [1.807, 2.05) is 41.3 Å². The molecule has 3 aliphatic heterocycles. The molecular formula is C27H27N3O5S2. The number of rotatable bonds is 5. The molecule has 0 saturated carbocycles. The molecule has 2 atom stereocenters. The second kappa shape index (κ2) is 9.25. The molecule has 0 unspecified atom stereocenters. The fourth-order valence-electron chi connectivity index (χ4n) is 5.63. The maximum absolute atomic E-state index is 13.5. The van der Waals surface area contributed by atoms with Crippen LogP contribution < -0.4 is 10.2 Å². The van der Waals surface area contributed by atoms with Gasteiger partial charge in [-0.25, -0.2) is 8.42 Å². The summed E-state index contributed by atoms with van der Waals surface area (Å²) < 4.78 is 24.6. The van der Waals surface area contributed by atoms with Crippen LogP contribution in [0.3, 0.4) is 0 Å². The highest BCUT2D eigenvalue weighted by molar-refractivity contribution is 7.91. The van der Waals surface area contributed by atoms with Gasteiger partial charge in [-0.3, -0.25) is 19.3 Å². The van der Waals surface area contributed by atoms with Crippen molar-refractivity contribution in [1.29, 1.82) is 0 Å². The number of nitrogens with one attached hydrogen (secondary N) is 1. The molecule has 4 heterocycles. The summed E-state index contributed by atoms with van der Waals surface area (Å²) in [5, 5.41) is 4.01. The minimum Gasteiger partial charge on any atom is -0.370 e. The summed E-state index contributed by atoms with van der Waals surface area (Å²) in [5.41, 5.74) is 1.47. The Morgan fingerprint density at radius 3 is 2.68 bits per heavy atom. The third-order valence-electron chi connectivity index (χ3n) is 7.48. The SMILES string of the molecule is O=C(N[C@H]1CCS(=O)(=O)C1)[C@H]1CCCN(c2cccc3c2C(=O)N(Cc2cc4ccccc4s2)C3=O)C1. The number of sulfone groups is 1. The number of hydrogen-bond donors (Lipinski definition) is 1. The molecule has 3 aromatic rings. The van der Waals surface area contributed by atoms with Crippen LogP contribution in [0.2, 0.25) is 0 Å². The largest absolute Gasteiger partial charge is 0.370 e. The fraction of sp³-hybridized carbons (Fsp3) is 0.370. The lowest BCUT2D eigenvalue weighted by Crippen LogP contribution is -2.46. The maximum Gasteiger partial charge on any atom is 0.264 e. The average molecular weight is 538 g/mol. The summed E-state index contributed by atoms with van der Waals surface area (Å²) in [6.45, 7) is 1.32. The van der Waals surface area contributed by atoms with Gasteiger partial charge in [0, 0.05) is 28.7 Å². The van der Waals surface area contributed by atoms with E-state index in [4.69, 9.17) is 0 Å². The molecule has 8 nitrogen and oxygen atoms in total. The van der Waals surface area contributed by atoms with Gasteiger partial charge in [0.2, 0.25) is 5.91 Å². The Balaban J connectivity index is 1.20. The monoisotopic (exact) mass is 537 g/mol. The van der Waals surface area contributed by atoms with E-state index in [-0.39, 0.29) is 47.7 Å². The molecule has 2 saturated heterocycles. The van der Waals surface area contributed by atoms with E-state index in [0.29, 0.717) is 42.7 Å². The second-order valence-electron chi connectivity index (χ2n) is 10.0. The van der Waals surface area contributed by atoms with Crippen molar-refractivity contribution in [3.05, 3.63) is 64.5 Å². The van der Waals surface area contributed by atoms with Crippen molar-refractivity contribution in [3.8, 4) is 0 Å². The van der Waals surface area contributed by atoms with Crippen LogP contribution in [-0.4, -0.2) is 61.7 Å². The topological polar surface area (TPSA) is 104 Å². The lowest BCUT2D eigenvalue weighted by atomic mass is 9.95. The lowest BCUT2D eigenvalue weighted by Gasteiger charge is -2.35. The third kappa shape index (κ3) is 4.53. The van der Waals surface area contributed by atoms with Crippen molar-refractivity contribution in [2.24, 2.45) is 5.92 Å². The molecule has 37 heavy (non-hydrogen) atoms. The summed E-state index contributed by atoms with van der Waals surface area (Å²) in [5.74, 6) is -0.959.